The van der Waals surface area contributed by atoms with Crippen LogP contribution in [0.2, 0.25) is 0 Å². The van der Waals surface area contributed by atoms with Crippen molar-refractivity contribution in [1.29, 1.82) is 0 Å². The van der Waals surface area contributed by atoms with E-state index < -0.39 is 0 Å². The Kier molecular flexibility index (Phi) is 3.61. The Morgan fingerprint density at radius 1 is 1.19 bits per heavy atom. The molecule has 1 aromatic carbocycles. The zero-order valence-corrected chi connectivity index (χ0v) is 11.7. The number of hydrazine groups is 1. The average Bonchev–Trinajstić information content (AvgIpc) is 3.05. The van der Waals surface area contributed by atoms with E-state index in [0.29, 0.717) is 11.6 Å². The van der Waals surface area contributed by atoms with Gasteiger partial charge in [-0.1, -0.05) is 25.1 Å². The highest BCUT2D eigenvalue weighted by Gasteiger charge is 2.09. The van der Waals surface area contributed by atoms with Crippen molar-refractivity contribution in [2.75, 3.05) is 5.43 Å². The predicted octanol–water partition coefficient (Wildman–Crippen LogP) is 2.18. The van der Waals surface area contributed by atoms with E-state index in [0.717, 1.165) is 23.4 Å². The van der Waals surface area contributed by atoms with Crippen molar-refractivity contribution in [2.45, 2.75) is 13.3 Å². The van der Waals surface area contributed by atoms with Crippen LogP contribution < -0.4 is 11.3 Å². The van der Waals surface area contributed by atoms with Crippen LogP contribution in [0.5, 0.6) is 0 Å². The Bertz CT molecular complexity index is 713. The van der Waals surface area contributed by atoms with Gasteiger partial charge in [-0.25, -0.2) is 20.5 Å². The van der Waals surface area contributed by atoms with Crippen LogP contribution in [-0.4, -0.2) is 19.7 Å². The molecule has 0 bridgehead atoms. The molecule has 0 saturated heterocycles. The van der Waals surface area contributed by atoms with E-state index in [2.05, 4.69) is 20.5 Å². The summed E-state index contributed by atoms with van der Waals surface area (Å²) in [6.45, 7) is 2.04. The molecule has 3 aromatic rings. The molecule has 3 rings (SSSR count). The monoisotopic (exact) mass is 280 g/mol. The van der Waals surface area contributed by atoms with Crippen molar-refractivity contribution in [3.05, 3.63) is 54.5 Å². The van der Waals surface area contributed by atoms with E-state index >= 15 is 0 Å². The normalized spacial score (nSPS) is 10.6. The smallest absolute Gasteiger partial charge is 0.165 e. The van der Waals surface area contributed by atoms with Crippen LogP contribution in [0.3, 0.4) is 0 Å². The molecule has 0 saturated carbocycles. The van der Waals surface area contributed by atoms with Gasteiger partial charge in [-0.15, -0.1) is 0 Å². The second-order valence-electron chi connectivity index (χ2n) is 4.58. The topological polar surface area (TPSA) is 81.6 Å². The number of aromatic nitrogens is 4. The average molecular weight is 280 g/mol. The maximum Gasteiger partial charge on any atom is 0.165 e. The summed E-state index contributed by atoms with van der Waals surface area (Å²) >= 11 is 0. The van der Waals surface area contributed by atoms with E-state index in [1.165, 1.54) is 0 Å². The Labute approximate surface area is 122 Å². The van der Waals surface area contributed by atoms with Crippen molar-refractivity contribution in [3.8, 4) is 17.1 Å². The summed E-state index contributed by atoms with van der Waals surface area (Å²) in [4.78, 5) is 8.89. The Balaban J connectivity index is 2.00. The number of hydrogen-bond donors (Lipinski definition) is 2. The summed E-state index contributed by atoms with van der Waals surface area (Å²) in [5.74, 6) is 6.67. The van der Waals surface area contributed by atoms with Crippen molar-refractivity contribution in [3.63, 3.8) is 0 Å². The summed E-state index contributed by atoms with van der Waals surface area (Å²) in [7, 11) is 0. The SMILES string of the molecule is CCc1cc(NN)nc(-c2cnn(-c3ccccc3)c2)n1. The number of nitrogens with one attached hydrogen (secondary N) is 1. The molecule has 0 radical (unpaired) electrons. The van der Waals surface area contributed by atoms with E-state index in [1.54, 1.807) is 10.9 Å². The first kappa shape index (κ1) is 13.3. The second kappa shape index (κ2) is 5.72. The molecular weight excluding hydrogens is 264 g/mol. The number of benzene rings is 1. The van der Waals surface area contributed by atoms with E-state index in [4.69, 9.17) is 5.84 Å². The van der Waals surface area contributed by atoms with E-state index in [-0.39, 0.29) is 0 Å². The summed E-state index contributed by atoms with van der Waals surface area (Å²) in [5, 5.41) is 4.36. The third kappa shape index (κ3) is 2.75. The van der Waals surface area contributed by atoms with Gasteiger partial charge in [-0.3, -0.25) is 0 Å². The molecule has 0 aliphatic heterocycles. The first-order chi connectivity index (χ1) is 10.3. The first-order valence-corrected chi connectivity index (χ1v) is 6.75. The number of anilines is 1. The third-order valence-electron chi connectivity index (χ3n) is 3.15. The lowest BCUT2D eigenvalue weighted by Crippen LogP contribution is -2.10. The highest BCUT2D eigenvalue weighted by molar-refractivity contribution is 5.56. The van der Waals surface area contributed by atoms with Crippen molar-refractivity contribution in [2.24, 2.45) is 5.84 Å². The Morgan fingerprint density at radius 2 is 2.00 bits per heavy atom. The molecule has 0 unspecified atom stereocenters. The fourth-order valence-electron chi connectivity index (χ4n) is 2.04. The minimum absolute atomic E-state index is 0.601. The van der Waals surface area contributed by atoms with Crippen LogP contribution in [-0.2, 0) is 6.42 Å². The van der Waals surface area contributed by atoms with Crippen LogP contribution in [0.1, 0.15) is 12.6 Å². The maximum atomic E-state index is 5.46. The predicted molar refractivity (Wildman–Crippen MR) is 81.8 cm³/mol. The first-order valence-electron chi connectivity index (χ1n) is 6.75. The van der Waals surface area contributed by atoms with E-state index in [9.17, 15) is 0 Å². The molecule has 0 spiro atoms. The summed E-state index contributed by atoms with van der Waals surface area (Å²) in [5.41, 5.74) is 5.35. The molecule has 2 aromatic heterocycles. The maximum absolute atomic E-state index is 5.46. The number of nitrogens with zero attached hydrogens (tertiary/aromatic N) is 4. The van der Waals surface area contributed by atoms with Gasteiger partial charge in [0.15, 0.2) is 5.82 Å². The van der Waals surface area contributed by atoms with Crippen molar-refractivity contribution >= 4 is 5.82 Å². The molecule has 0 fully saturated rings. The second-order valence-corrected chi connectivity index (χ2v) is 4.58. The molecular formula is C15H16N6. The Hall–Kier alpha value is -2.73. The molecule has 2 heterocycles. The number of aryl methyl sites for hydroxylation is 1. The van der Waals surface area contributed by atoms with Gasteiger partial charge in [0.2, 0.25) is 0 Å². The molecule has 21 heavy (non-hydrogen) atoms. The van der Waals surface area contributed by atoms with Gasteiger partial charge in [0.1, 0.15) is 5.82 Å². The van der Waals surface area contributed by atoms with Gasteiger partial charge in [0.05, 0.1) is 17.4 Å². The molecule has 106 valence electrons. The number of hydrogen-bond acceptors (Lipinski definition) is 5. The zero-order valence-electron chi connectivity index (χ0n) is 11.7. The quantitative estimate of drug-likeness (QED) is 0.565. The number of nitrogen functional groups attached to an aromatic ring is 1. The van der Waals surface area contributed by atoms with Crippen LogP contribution in [0.4, 0.5) is 5.82 Å². The molecule has 3 N–H and O–H groups in total. The van der Waals surface area contributed by atoms with E-state index in [1.807, 2.05) is 49.5 Å². The highest BCUT2D eigenvalue weighted by atomic mass is 15.3. The molecule has 0 aliphatic carbocycles. The van der Waals surface area contributed by atoms with Gasteiger partial charge in [0.25, 0.3) is 0 Å². The number of nitrogens with two attached hydrogens (primary N) is 1. The minimum Gasteiger partial charge on any atom is -0.308 e. The van der Waals surface area contributed by atoms with Gasteiger partial charge in [-0.05, 0) is 18.6 Å². The number of para-hydroxylation sites is 1. The van der Waals surface area contributed by atoms with Gasteiger partial charge in [-0.2, -0.15) is 5.10 Å². The number of rotatable bonds is 4. The lowest BCUT2D eigenvalue weighted by molar-refractivity contribution is 0.880. The lowest BCUT2D eigenvalue weighted by atomic mass is 10.2. The third-order valence-corrected chi connectivity index (χ3v) is 3.15. The fourth-order valence-corrected chi connectivity index (χ4v) is 2.04. The van der Waals surface area contributed by atoms with Crippen LogP contribution in [0, 0.1) is 0 Å². The minimum atomic E-state index is 0.601. The van der Waals surface area contributed by atoms with Gasteiger partial charge in [0, 0.05) is 18.0 Å². The van der Waals surface area contributed by atoms with Crippen molar-refractivity contribution in [1.82, 2.24) is 19.7 Å². The lowest BCUT2D eigenvalue weighted by Gasteiger charge is -2.04. The Morgan fingerprint density at radius 3 is 2.71 bits per heavy atom. The van der Waals surface area contributed by atoms with Gasteiger partial charge < -0.3 is 5.43 Å². The van der Waals surface area contributed by atoms with Crippen LogP contribution >= 0.6 is 0 Å². The van der Waals surface area contributed by atoms with Gasteiger partial charge >= 0.3 is 0 Å². The summed E-state index contributed by atoms with van der Waals surface area (Å²) < 4.78 is 1.80. The molecule has 6 nitrogen and oxygen atoms in total. The summed E-state index contributed by atoms with van der Waals surface area (Å²) in [6, 6.07) is 11.7. The zero-order chi connectivity index (χ0) is 14.7. The standard InChI is InChI=1S/C15H16N6/c1-2-12-8-14(20-16)19-15(18-12)11-9-17-21(10-11)13-6-4-3-5-7-13/h3-10H,2,16H2,1H3,(H,18,19,20). The highest BCUT2D eigenvalue weighted by Crippen LogP contribution is 2.19. The fraction of sp³-hybridized carbons (Fsp3) is 0.133. The molecule has 0 amide bonds. The molecule has 0 atom stereocenters. The molecule has 6 heteroatoms. The largest absolute Gasteiger partial charge is 0.308 e. The van der Waals surface area contributed by atoms with Crippen molar-refractivity contribution < 1.29 is 0 Å². The van der Waals surface area contributed by atoms with Crippen LogP contribution in [0.25, 0.3) is 17.1 Å². The summed E-state index contributed by atoms with van der Waals surface area (Å²) in [6.07, 6.45) is 4.48. The molecule has 0 aliphatic rings. The van der Waals surface area contributed by atoms with Crippen LogP contribution in [0.15, 0.2) is 48.8 Å².